The average Bonchev–Trinajstić information content (AvgIpc) is 2.31. The molecule has 0 bridgehead atoms. The van der Waals surface area contributed by atoms with Crippen LogP contribution in [0.1, 0.15) is 12.8 Å². The molecule has 0 aromatic heterocycles. The summed E-state index contributed by atoms with van der Waals surface area (Å²) >= 11 is 0. The van der Waals surface area contributed by atoms with Gasteiger partial charge in [0.05, 0.1) is 17.9 Å². The third kappa shape index (κ3) is 5.95. The van der Waals surface area contributed by atoms with Crippen molar-refractivity contribution in [2.45, 2.75) is 25.0 Å². The summed E-state index contributed by atoms with van der Waals surface area (Å²) in [5.74, 6) is 0. The lowest BCUT2D eigenvalue weighted by atomic mass is 10.1. The maximum Gasteiger partial charge on any atom is 0.347 e. The number of nitro groups is 2. The van der Waals surface area contributed by atoms with Gasteiger partial charge in [-0.1, -0.05) is 5.11 Å². The van der Waals surface area contributed by atoms with Gasteiger partial charge in [-0.2, -0.15) is 10.3 Å². The van der Waals surface area contributed by atoms with Gasteiger partial charge in [0.2, 0.25) is 6.04 Å². The van der Waals surface area contributed by atoms with Crippen LogP contribution in [0.3, 0.4) is 0 Å². The number of nitrogens with one attached hydrogen (secondary N) is 1. The molecule has 13 nitrogen and oxygen atoms in total. The zero-order chi connectivity index (χ0) is 14.0. The first-order chi connectivity index (χ1) is 8.52. The molecule has 0 aliphatic rings. The van der Waals surface area contributed by atoms with Crippen LogP contribution in [0.5, 0.6) is 0 Å². The van der Waals surface area contributed by atoms with Crippen LogP contribution in [0.25, 0.3) is 20.9 Å². The van der Waals surface area contributed by atoms with Crippen LogP contribution >= 0.6 is 0 Å². The highest BCUT2D eigenvalue weighted by Gasteiger charge is 2.27. The van der Waals surface area contributed by atoms with E-state index in [1.807, 2.05) is 5.43 Å². The molecular weight excluding hydrogens is 250 g/mol. The Labute approximate surface area is 99.3 Å². The Morgan fingerprint density at radius 2 is 1.83 bits per heavy atom. The van der Waals surface area contributed by atoms with Crippen LogP contribution < -0.4 is 5.43 Å². The smallest absolute Gasteiger partial charge is 0.264 e. The molecule has 0 aromatic carbocycles. The van der Waals surface area contributed by atoms with E-state index in [4.69, 9.17) is 11.1 Å². The van der Waals surface area contributed by atoms with Crippen molar-refractivity contribution in [1.82, 2.24) is 5.43 Å². The minimum absolute atomic E-state index is 0.189. The van der Waals surface area contributed by atoms with Crippen LogP contribution in [0.2, 0.25) is 0 Å². The minimum atomic E-state index is -1.42. The van der Waals surface area contributed by atoms with Gasteiger partial charge in [0.25, 0.3) is 0 Å². The first-order valence-electron chi connectivity index (χ1n) is 4.60. The lowest BCUT2D eigenvalue weighted by Crippen LogP contribution is -2.34. The van der Waals surface area contributed by atoms with E-state index >= 15 is 0 Å². The van der Waals surface area contributed by atoms with Crippen LogP contribution in [0.4, 0.5) is 0 Å². The summed E-state index contributed by atoms with van der Waals surface area (Å²) in [6, 6.07) is -1.21. The first-order valence-corrected chi connectivity index (χ1v) is 4.60. The molecule has 1 N–H and O–H groups in total. The first kappa shape index (κ1) is 15.2. The molecule has 18 heavy (non-hydrogen) atoms. The highest BCUT2D eigenvalue weighted by Crippen LogP contribution is 2.06. The summed E-state index contributed by atoms with van der Waals surface area (Å²) < 4.78 is 0. The predicted molar refractivity (Wildman–Crippen MR) is 57.1 cm³/mol. The Morgan fingerprint density at radius 1 is 1.17 bits per heavy atom. The van der Waals surface area contributed by atoms with Crippen LogP contribution in [0, 0.1) is 20.2 Å². The monoisotopic (exact) mass is 259 g/mol. The lowest BCUT2D eigenvalue weighted by molar-refractivity contribution is -0.541. The summed E-state index contributed by atoms with van der Waals surface area (Å²) in [6.45, 7) is -0.393. The summed E-state index contributed by atoms with van der Waals surface area (Å²) in [5, 5.41) is 26.9. The van der Waals surface area contributed by atoms with E-state index in [1.54, 1.807) is 0 Å². The highest BCUT2D eigenvalue weighted by atomic mass is 16.6. The Kier molecular flexibility index (Phi) is 7.09. The van der Waals surface area contributed by atoms with E-state index in [0.29, 0.717) is 0 Å². The third-order valence-corrected chi connectivity index (χ3v) is 1.93. The second-order valence-electron chi connectivity index (χ2n) is 3.05. The number of nitrogens with zero attached hydrogens (tertiary/aromatic N) is 8. The summed E-state index contributed by atoms with van der Waals surface area (Å²) in [4.78, 5) is 24.3. The van der Waals surface area contributed by atoms with Gasteiger partial charge in [-0.05, 0) is 10.8 Å². The maximum atomic E-state index is 10.6. The fraction of sp³-hybridized carbons (Fsp3) is 1.00. The molecule has 2 atom stereocenters. The largest absolute Gasteiger partial charge is 0.347 e. The van der Waals surface area contributed by atoms with Crippen molar-refractivity contribution in [3.8, 4) is 0 Å². The zero-order valence-electron chi connectivity index (χ0n) is 8.99. The average molecular weight is 259 g/mol. The van der Waals surface area contributed by atoms with Crippen LogP contribution in [0.15, 0.2) is 10.3 Å². The Morgan fingerprint density at radius 3 is 2.28 bits per heavy atom. The minimum Gasteiger partial charge on any atom is -0.264 e. The summed E-state index contributed by atoms with van der Waals surface area (Å²) in [5.41, 5.74) is 17.9. The third-order valence-electron chi connectivity index (χ3n) is 1.93. The van der Waals surface area contributed by atoms with Gasteiger partial charge in [-0.25, -0.2) is 0 Å². The molecule has 0 aliphatic heterocycles. The quantitative estimate of drug-likeness (QED) is 0.161. The maximum absolute atomic E-state index is 10.6. The highest BCUT2D eigenvalue weighted by molar-refractivity contribution is 4.64. The number of hydrogen-bond acceptors (Lipinski definition) is 6. The van der Waals surface area contributed by atoms with Gasteiger partial charge in [-0.15, -0.1) is 5.53 Å². The fourth-order valence-corrected chi connectivity index (χ4v) is 1.05. The molecule has 0 radical (unpaired) electrons. The van der Waals surface area contributed by atoms with E-state index in [9.17, 15) is 20.2 Å². The lowest BCUT2D eigenvalue weighted by Gasteiger charge is -2.08. The molecule has 0 rings (SSSR count). The van der Waals surface area contributed by atoms with E-state index in [-0.39, 0.29) is 12.8 Å². The molecule has 2 unspecified atom stereocenters. The van der Waals surface area contributed by atoms with Crippen molar-refractivity contribution in [3.05, 3.63) is 41.1 Å². The fourth-order valence-electron chi connectivity index (χ4n) is 1.05. The molecule has 0 fully saturated rings. The SMILES string of the molecule is [N-]=[N+]=NCC(CCC(NN=[N+]=[N-])[N+](=O)[O-])[N+](=O)[O-]. The second kappa shape index (κ2) is 8.38. The number of azide groups is 2. The van der Waals surface area contributed by atoms with Crippen molar-refractivity contribution in [1.29, 1.82) is 0 Å². The van der Waals surface area contributed by atoms with E-state index < -0.39 is 28.6 Å². The van der Waals surface area contributed by atoms with Gasteiger partial charge in [0.15, 0.2) is 0 Å². The number of hydrogen-bond donors (Lipinski definition) is 1. The normalized spacial score (nSPS) is 12.4. The number of rotatable bonds is 9. The molecule has 0 amide bonds. The van der Waals surface area contributed by atoms with Crippen molar-refractivity contribution < 1.29 is 9.85 Å². The summed E-state index contributed by atoms with van der Waals surface area (Å²) in [7, 11) is 0. The molecular formula is C5H9N9O4. The van der Waals surface area contributed by atoms with Gasteiger partial charge in [0.1, 0.15) is 0 Å². The Hall–Kier alpha value is -2.78. The van der Waals surface area contributed by atoms with Gasteiger partial charge < -0.3 is 0 Å². The molecule has 0 heterocycles. The van der Waals surface area contributed by atoms with Crippen LogP contribution in [-0.4, -0.2) is 28.6 Å². The summed E-state index contributed by atoms with van der Waals surface area (Å²) in [6.07, 6.45) is -1.85. The van der Waals surface area contributed by atoms with Crippen molar-refractivity contribution >= 4 is 0 Å². The predicted octanol–water partition coefficient (Wildman–Crippen LogP) is 1.14. The topological polar surface area (TPSA) is 196 Å². The van der Waals surface area contributed by atoms with Crippen LogP contribution in [-0.2, 0) is 0 Å². The van der Waals surface area contributed by atoms with Crippen molar-refractivity contribution in [2.24, 2.45) is 10.3 Å². The Bertz CT molecular complexity index is 360. The zero-order valence-corrected chi connectivity index (χ0v) is 8.99. The van der Waals surface area contributed by atoms with E-state index in [1.165, 1.54) is 0 Å². The van der Waals surface area contributed by atoms with Gasteiger partial charge in [-0.3, -0.25) is 20.2 Å². The van der Waals surface area contributed by atoms with E-state index in [2.05, 4.69) is 20.2 Å². The van der Waals surface area contributed by atoms with Crippen molar-refractivity contribution in [2.75, 3.05) is 6.54 Å². The van der Waals surface area contributed by atoms with Gasteiger partial charge >= 0.3 is 6.17 Å². The Balaban J connectivity index is 4.44. The second-order valence-corrected chi connectivity index (χ2v) is 3.05. The van der Waals surface area contributed by atoms with Gasteiger partial charge in [0, 0.05) is 16.3 Å². The molecule has 0 aromatic rings. The molecule has 0 spiro atoms. The van der Waals surface area contributed by atoms with E-state index in [0.717, 1.165) is 0 Å². The molecule has 0 aliphatic carbocycles. The van der Waals surface area contributed by atoms with Crippen molar-refractivity contribution in [3.63, 3.8) is 0 Å². The molecule has 13 heteroatoms. The molecule has 98 valence electrons. The standard InChI is InChI=1S/C5H9N9O4/c6-10-8-3-4(13(15)16)1-2-5(14(17)18)9-12-11-7/h4-5,9H,1-3H2. The molecule has 0 saturated carbocycles. The molecule has 0 saturated heterocycles.